The Bertz CT molecular complexity index is 1570. The number of nitrogens with zero attached hydrogens (tertiary/aromatic N) is 1. The van der Waals surface area contributed by atoms with Crippen molar-refractivity contribution in [3.8, 4) is 16.9 Å². The molecule has 8 atom stereocenters. The van der Waals surface area contributed by atoms with E-state index in [4.69, 9.17) is 4.74 Å². The second-order valence-electron chi connectivity index (χ2n) is 11.7. The predicted octanol–water partition coefficient (Wildman–Crippen LogP) is 5.53. The highest BCUT2D eigenvalue weighted by Gasteiger charge is 2.44. The summed E-state index contributed by atoms with van der Waals surface area (Å²) in [5, 5.41) is 53.3. The molecule has 4 aromatic carbocycles. The van der Waals surface area contributed by atoms with Gasteiger partial charge in [0.2, 0.25) is 0 Å². The number of rotatable bonds is 9. The Morgan fingerprint density at radius 1 is 0.867 bits per heavy atom. The first-order valence-electron chi connectivity index (χ1n) is 15.2. The monoisotopic (exact) mass is 631 g/mol. The standard InChI is InChI=1S/C36H38FNO6S/c1-2-30-33(41)34(42)35(43)36(44-30)23-10-8-21(9-11-23)24-14-17-27(28(39)18-24)32-31(19-38(32)26-6-4-3-5-7-26)45-20-29(40)22-12-15-25(37)16-13-22/h3-18,29-36,39-43H,2,19-20H2,1H3/t29-,30+,31-,32?,33+,34-,35+,36?/m0/s1. The molecule has 0 saturated carbocycles. The molecule has 236 valence electrons. The van der Waals surface area contributed by atoms with Crippen LogP contribution in [0, 0.1) is 5.82 Å². The maximum absolute atomic E-state index is 13.4. The number of thioether (sulfide) groups is 1. The van der Waals surface area contributed by atoms with Crippen LogP contribution < -0.4 is 4.90 Å². The van der Waals surface area contributed by atoms with Crippen molar-refractivity contribution in [3.63, 3.8) is 0 Å². The smallest absolute Gasteiger partial charge is 0.123 e. The molecular weight excluding hydrogens is 593 g/mol. The Morgan fingerprint density at radius 3 is 2.22 bits per heavy atom. The summed E-state index contributed by atoms with van der Waals surface area (Å²) in [6.45, 7) is 2.60. The molecule has 2 aliphatic heterocycles. The van der Waals surface area contributed by atoms with Gasteiger partial charge in [-0.05, 0) is 59.0 Å². The van der Waals surface area contributed by atoms with Crippen molar-refractivity contribution in [1.82, 2.24) is 0 Å². The molecule has 0 aromatic heterocycles. The minimum atomic E-state index is -1.30. The number of hydrogen-bond acceptors (Lipinski definition) is 8. The molecule has 6 rings (SSSR count). The van der Waals surface area contributed by atoms with Crippen molar-refractivity contribution in [2.24, 2.45) is 0 Å². The fourth-order valence-corrected chi connectivity index (χ4v) is 7.63. The first-order valence-corrected chi connectivity index (χ1v) is 16.3. The van der Waals surface area contributed by atoms with Crippen LogP contribution in [0.1, 0.15) is 48.3 Å². The summed E-state index contributed by atoms with van der Waals surface area (Å²) in [4.78, 5) is 2.25. The molecule has 0 bridgehead atoms. The molecule has 2 heterocycles. The van der Waals surface area contributed by atoms with Crippen molar-refractivity contribution in [3.05, 3.63) is 120 Å². The number of benzene rings is 4. The SMILES string of the molecule is CC[C@H]1OC(c2ccc(-c3ccc(C4[C@@H](SC[C@H](O)c5ccc(F)cc5)CN4c4ccccc4)c(O)c3)cc2)[C@H](O)[C@@H](O)[C@@H]1O. The summed E-state index contributed by atoms with van der Waals surface area (Å²) in [7, 11) is 0. The normalized spacial score (nSPS) is 27.2. The van der Waals surface area contributed by atoms with E-state index in [1.54, 1.807) is 30.0 Å². The third-order valence-corrected chi connectivity index (χ3v) is 10.3. The number of para-hydroxylation sites is 1. The van der Waals surface area contributed by atoms with Crippen LogP contribution in [0.4, 0.5) is 10.1 Å². The second-order valence-corrected chi connectivity index (χ2v) is 13.0. The lowest BCUT2D eigenvalue weighted by atomic mass is 9.89. The number of aliphatic hydroxyl groups is 4. The van der Waals surface area contributed by atoms with Crippen LogP contribution in [0.3, 0.4) is 0 Å². The topological polar surface area (TPSA) is 114 Å². The van der Waals surface area contributed by atoms with Crippen molar-refractivity contribution < 1.29 is 34.7 Å². The van der Waals surface area contributed by atoms with Gasteiger partial charge < -0.3 is 35.2 Å². The number of phenols is 1. The van der Waals surface area contributed by atoms with E-state index in [0.717, 1.165) is 28.9 Å². The van der Waals surface area contributed by atoms with Crippen LogP contribution in [0.5, 0.6) is 5.75 Å². The molecule has 7 nitrogen and oxygen atoms in total. The Kier molecular flexibility index (Phi) is 9.46. The molecule has 2 unspecified atom stereocenters. The summed E-state index contributed by atoms with van der Waals surface area (Å²) in [5.74, 6) is 0.268. The molecule has 0 amide bonds. The number of aromatic hydroxyl groups is 1. The summed E-state index contributed by atoms with van der Waals surface area (Å²) in [6, 6.07) is 28.9. The Hall–Kier alpha value is -3.44. The number of aliphatic hydroxyl groups excluding tert-OH is 4. The summed E-state index contributed by atoms with van der Waals surface area (Å²) >= 11 is 1.64. The fourth-order valence-electron chi connectivity index (χ4n) is 6.27. The van der Waals surface area contributed by atoms with Gasteiger partial charge in [-0.2, -0.15) is 11.8 Å². The average Bonchev–Trinajstić information content (AvgIpc) is 3.05. The molecule has 0 radical (unpaired) electrons. The van der Waals surface area contributed by atoms with Gasteiger partial charge in [0.1, 0.15) is 36.0 Å². The zero-order valence-electron chi connectivity index (χ0n) is 24.9. The fraction of sp³-hybridized carbons (Fsp3) is 0.333. The van der Waals surface area contributed by atoms with Crippen LogP contribution in [-0.4, -0.2) is 67.5 Å². The van der Waals surface area contributed by atoms with Gasteiger partial charge >= 0.3 is 0 Å². The molecule has 2 aliphatic rings. The van der Waals surface area contributed by atoms with Crippen molar-refractivity contribution in [1.29, 1.82) is 0 Å². The molecule has 0 aliphatic carbocycles. The Morgan fingerprint density at radius 2 is 1.56 bits per heavy atom. The van der Waals surface area contributed by atoms with Crippen molar-refractivity contribution >= 4 is 17.4 Å². The average molecular weight is 632 g/mol. The van der Waals surface area contributed by atoms with Gasteiger partial charge in [-0.25, -0.2) is 4.39 Å². The summed E-state index contributed by atoms with van der Waals surface area (Å²) in [5.41, 5.74) is 4.87. The number of anilines is 1. The highest BCUT2D eigenvalue weighted by Crippen LogP contribution is 2.48. The zero-order chi connectivity index (χ0) is 31.7. The maximum atomic E-state index is 13.4. The Balaban J connectivity index is 1.20. The van der Waals surface area contributed by atoms with E-state index in [1.165, 1.54) is 12.1 Å². The molecule has 5 N–H and O–H groups in total. The van der Waals surface area contributed by atoms with Crippen LogP contribution in [0.25, 0.3) is 11.1 Å². The summed E-state index contributed by atoms with van der Waals surface area (Å²) < 4.78 is 19.3. The first kappa shape index (κ1) is 31.5. The summed E-state index contributed by atoms with van der Waals surface area (Å²) in [6.07, 6.45) is -5.27. The lowest BCUT2D eigenvalue weighted by molar-refractivity contribution is -0.225. The lowest BCUT2D eigenvalue weighted by Crippen LogP contribution is -2.53. The molecule has 45 heavy (non-hydrogen) atoms. The van der Waals surface area contributed by atoms with E-state index in [9.17, 15) is 29.9 Å². The highest BCUT2D eigenvalue weighted by atomic mass is 32.2. The minimum absolute atomic E-state index is 0.110. The van der Waals surface area contributed by atoms with Gasteiger partial charge in [0.25, 0.3) is 0 Å². The van der Waals surface area contributed by atoms with E-state index in [2.05, 4.69) is 4.90 Å². The van der Waals surface area contributed by atoms with Crippen LogP contribution in [0.2, 0.25) is 0 Å². The van der Waals surface area contributed by atoms with E-state index in [-0.39, 0.29) is 22.9 Å². The van der Waals surface area contributed by atoms with Gasteiger partial charge in [-0.3, -0.25) is 0 Å². The van der Waals surface area contributed by atoms with Gasteiger partial charge in [0.05, 0.1) is 18.2 Å². The highest BCUT2D eigenvalue weighted by molar-refractivity contribution is 8.00. The van der Waals surface area contributed by atoms with Gasteiger partial charge in [-0.15, -0.1) is 0 Å². The molecule has 2 fully saturated rings. The number of hydrogen-bond donors (Lipinski definition) is 5. The number of halogens is 1. The minimum Gasteiger partial charge on any atom is -0.508 e. The van der Waals surface area contributed by atoms with Gasteiger partial charge in [0, 0.05) is 28.8 Å². The molecule has 9 heteroatoms. The van der Waals surface area contributed by atoms with Gasteiger partial charge in [-0.1, -0.05) is 73.7 Å². The molecule has 0 spiro atoms. The predicted molar refractivity (Wildman–Crippen MR) is 174 cm³/mol. The Labute approximate surface area is 266 Å². The van der Waals surface area contributed by atoms with Crippen LogP contribution >= 0.6 is 11.8 Å². The second kappa shape index (κ2) is 13.5. The quantitative estimate of drug-likeness (QED) is 0.164. The largest absolute Gasteiger partial charge is 0.508 e. The van der Waals surface area contributed by atoms with E-state index >= 15 is 0 Å². The maximum Gasteiger partial charge on any atom is 0.123 e. The molecule has 4 aromatic rings. The van der Waals surface area contributed by atoms with E-state index < -0.39 is 36.6 Å². The zero-order valence-corrected chi connectivity index (χ0v) is 25.7. The van der Waals surface area contributed by atoms with Gasteiger partial charge in [0.15, 0.2) is 0 Å². The van der Waals surface area contributed by atoms with E-state index in [1.807, 2.05) is 73.7 Å². The third kappa shape index (κ3) is 6.47. The number of ether oxygens (including phenoxy) is 1. The van der Waals surface area contributed by atoms with Crippen molar-refractivity contribution in [2.45, 2.75) is 61.3 Å². The first-order chi connectivity index (χ1) is 21.7. The van der Waals surface area contributed by atoms with E-state index in [0.29, 0.717) is 23.3 Å². The number of phenolic OH excluding ortho intramolecular Hbond substituents is 1. The van der Waals surface area contributed by atoms with Crippen LogP contribution in [0.15, 0.2) is 97.1 Å². The van der Waals surface area contributed by atoms with Crippen LogP contribution in [-0.2, 0) is 4.74 Å². The third-order valence-electron chi connectivity index (χ3n) is 8.91. The molecule has 2 saturated heterocycles. The lowest BCUT2D eigenvalue weighted by Gasteiger charge is -2.50. The van der Waals surface area contributed by atoms with Crippen molar-refractivity contribution in [2.75, 3.05) is 17.2 Å². The molecular formula is C36H38FNO6S.